The lowest BCUT2D eigenvalue weighted by molar-refractivity contribution is 0.0518. The second kappa shape index (κ2) is 8.47. The molecule has 8 heteroatoms. The third-order valence-corrected chi connectivity index (χ3v) is 4.11. The first-order valence-electron chi connectivity index (χ1n) is 8.85. The Morgan fingerprint density at radius 2 is 1.83 bits per heavy atom. The lowest BCUT2D eigenvalue weighted by Crippen LogP contribution is -2.27. The molecule has 0 saturated carbocycles. The zero-order valence-electron chi connectivity index (χ0n) is 15.8. The molecule has 1 aromatic heterocycles. The summed E-state index contributed by atoms with van der Waals surface area (Å²) in [5.74, 6) is -2.37. The van der Waals surface area contributed by atoms with Crippen LogP contribution in [0.5, 0.6) is 0 Å². The Kier molecular flexibility index (Phi) is 5.82. The van der Waals surface area contributed by atoms with Gasteiger partial charge in [0.15, 0.2) is 5.69 Å². The first-order chi connectivity index (χ1) is 13.9. The molecule has 0 aliphatic rings. The normalized spacial score (nSPS) is 10.4. The number of esters is 1. The minimum absolute atomic E-state index is 0.0741. The molecule has 148 valence electrons. The summed E-state index contributed by atoms with van der Waals surface area (Å²) in [7, 11) is 0. The van der Waals surface area contributed by atoms with Crippen LogP contribution in [-0.2, 0) is 4.74 Å². The lowest BCUT2D eigenvalue weighted by atomic mass is 10.2. The molecule has 0 radical (unpaired) electrons. The van der Waals surface area contributed by atoms with Crippen molar-refractivity contribution in [1.29, 1.82) is 0 Å². The van der Waals surface area contributed by atoms with E-state index in [1.54, 1.807) is 38.1 Å². The van der Waals surface area contributed by atoms with E-state index in [0.717, 1.165) is 22.4 Å². The molecule has 0 unspecified atom stereocenters. The van der Waals surface area contributed by atoms with Crippen LogP contribution >= 0.6 is 0 Å². The minimum Gasteiger partial charge on any atom is -0.461 e. The predicted molar refractivity (Wildman–Crippen MR) is 105 cm³/mol. The Hall–Kier alpha value is -3.81. The van der Waals surface area contributed by atoms with Crippen molar-refractivity contribution in [2.45, 2.75) is 13.8 Å². The molecule has 0 atom stereocenters. The van der Waals surface area contributed by atoms with Gasteiger partial charge in [0, 0.05) is 6.07 Å². The number of aromatic nitrogens is 2. The Balaban J connectivity index is 2.09. The van der Waals surface area contributed by atoms with Gasteiger partial charge in [0.2, 0.25) is 0 Å². The molecule has 2 aromatic carbocycles. The van der Waals surface area contributed by atoms with E-state index in [-0.39, 0.29) is 23.6 Å². The van der Waals surface area contributed by atoms with Gasteiger partial charge >= 0.3 is 5.97 Å². The average molecular weight is 395 g/mol. The predicted octanol–water partition coefficient (Wildman–Crippen LogP) is 3.11. The molecule has 0 spiro atoms. The fourth-order valence-corrected chi connectivity index (χ4v) is 2.71. The van der Waals surface area contributed by atoms with Crippen LogP contribution in [0.25, 0.3) is 5.69 Å². The molecule has 1 N–H and O–H groups in total. The number of nitrogens with zero attached hydrogens (tertiary/aromatic N) is 2. The highest BCUT2D eigenvalue weighted by molar-refractivity contribution is 6.07. The summed E-state index contributed by atoms with van der Waals surface area (Å²) in [5, 5.41) is 6.50. The summed E-state index contributed by atoms with van der Waals surface area (Å²) < 4.78 is 20.0. The maximum absolute atomic E-state index is 13.9. The monoisotopic (exact) mass is 395 g/mol. The average Bonchev–Trinajstić information content (AvgIpc) is 2.69. The van der Waals surface area contributed by atoms with Crippen molar-refractivity contribution in [1.82, 2.24) is 9.78 Å². The fraction of sp³-hybridized carbons (Fsp3) is 0.143. The Labute approximate surface area is 165 Å². The quantitative estimate of drug-likeness (QED) is 0.671. The Morgan fingerprint density at radius 1 is 1.14 bits per heavy atom. The topological polar surface area (TPSA) is 90.3 Å². The molecule has 29 heavy (non-hydrogen) atoms. The van der Waals surface area contributed by atoms with E-state index < -0.39 is 23.3 Å². The van der Waals surface area contributed by atoms with Crippen molar-refractivity contribution in [3.8, 4) is 5.69 Å². The maximum Gasteiger partial charge on any atom is 0.360 e. The third kappa shape index (κ3) is 4.21. The van der Waals surface area contributed by atoms with Gasteiger partial charge in [0.1, 0.15) is 5.82 Å². The van der Waals surface area contributed by atoms with Crippen molar-refractivity contribution in [3.63, 3.8) is 0 Å². The highest BCUT2D eigenvalue weighted by Gasteiger charge is 2.21. The van der Waals surface area contributed by atoms with Crippen LogP contribution in [0.15, 0.2) is 59.4 Å². The Morgan fingerprint density at radius 3 is 2.52 bits per heavy atom. The molecule has 3 aromatic rings. The van der Waals surface area contributed by atoms with Gasteiger partial charge in [0.05, 0.1) is 23.5 Å². The number of ether oxygens (including phenoxy) is 1. The number of aryl methyl sites for hydroxylation is 1. The van der Waals surface area contributed by atoms with Crippen molar-refractivity contribution in [3.05, 3.63) is 87.6 Å². The van der Waals surface area contributed by atoms with Crippen molar-refractivity contribution < 1.29 is 18.7 Å². The van der Waals surface area contributed by atoms with Crippen LogP contribution in [0.1, 0.15) is 33.3 Å². The smallest absolute Gasteiger partial charge is 0.360 e. The number of hydrogen-bond donors (Lipinski definition) is 1. The number of nitrogens with one attached hydrogen (secondary N) is 1. The summed E-state index contributed by atoms with van der Waals surface area (Å²) in [5.41, 5.74) is 0.0163. The fourth-order valence-electron chi connectivity index (χ4n) is 2.71. The number of carbonyl (C=O) groups excluding carboxylic acids is 2. The van der Waals surface area contributed by atoms with E-state index in [0.29, 0.717) is 5.69 Å². The molecular weight excluding hydrogens is 377 g/mol. The first kappa shape index (κ1) is 19.9. The third-order valence-electron chi connectivity index (χ3n) is 4.11. The van der Waals surface area contributed by atoms with Crippen LogP contribution in [0.3, 0.4) is 0 Å². The van der Waals surface area contributed by atoms with E-state index in [1.807, 2.05) is 0 Å². The number of amides is 1. The van der Waals surface area contributed by atoms with Gasteiger partial charge < -0.3 is 10.1 Å². The van der Waals surface area contributed by atoms with Crippen LogP contribution in [-0.4, -0.2) is 28.3 Å². The number of carbonyl (C=O) groups is 2. The van der Waals surface area contributed by atoms with Gasteiger partial charge in [-0.05, 0) is 37.6 Å². The zero-order valence-corrected chi connectivity index (χ0v) is 15.8. The number of benzene rings is 2. The van der Waals surface area contributed by atoms with Crippen molar-refractivity contribution in [2.75, 3.05) is 11.9 Å². The molecular formula is C21H18FN3O4. The minimum atomic E-state index is -0.821. The number of halogens is 1. The van der Waals surface area contributed by atoms with Gasteiger partial charge in [-0.1, -0.05) is 30.3 Å². The summed E-state index contributed by atoms with van der Waals surface area (Å²) in [6.07, 6.45) is 0. The molecule has 7 nitrogen and oxygen atoms in total. The van der Waals surface area contributed by atoms with Gasteiger partial charge in [-0.2, -0.15) is 9.78 Å². The van der Waals surface area contributed by atoms with Crippen LogP contribution < -0.4 is 10.9 Å². The van der Waals surface area contributed by atoms with Crippen molar-refractivity contribution in [2.24, 2.45) is 0 Å². The van der Waals surface area contributed by atoms with E-state index in [9.17, 15) is 18.8 Å². The Bertz CT molecular complexity index is 1140. The molecule has 1 heterocycles. The SMILES string of the molecule is CCOC(=O)c1nn(-c2ccccc2C)c(=O)cc1NC(=O)c1ccccc1F. The number of para-hydroxylation sites is 1. The molecule has 3 rings (SSSR count). The highest BCUT2D eigenvalue weighted by Crippen LogP contribution is 2.17. The molecule has 0 aliphatic heterocycles. The van der Waals surface area contributed by atoms with Gasteiger partial charge in [-0.25, -0.2) is 9.18 Å². The zero-order chi connectivity index (χ0) is 21.0. The number of hydrogen-bond acceptors (Lipinski definition) is 5. The molecule has 0 bridgehead atoms. The summed E-state index contributed by atoms with van der Waals surface area (Å²) >= 11 is 0. The largest absolute Gasteiger partial charge is 0.461 e. The van der Waals surface area contributed by atoms with Crippen LogP contribution in [0.2, 0.25) is 0 Å². The highest BCUT2D eigenvalue weighted by atomic mass is 19.1. The number of rotatable bonds is 5. The second-order valence-corrected chi connectivity index (χ2v) is 6.10. The maximum atomic E-state index is 13.9. The second-order valence-electron chi connectivity index (χ2n) is 6.10. The van der Waals surface area contributed by atoms with Crippen LogP contribution in [0.4, 0.5) is 10.1 Å². The summed E-state index contributed by atoms with van der Waals surface area (Å²) in [6, 6.07) is 13.4. The number of anilines is 1. The first-order valence-corrected chi connectivity index (χ1v) is 8.85. The lowest BCUT2D eigenvalue weighted by Gasteiger charge is -2.13. The molecule has 0 fully saturated rings. The summed E-state index contributed by atoms with van der Waals surface area (Å²) in [6.45, 7) is 3.49. The van der Waals surface area contributed by atoms with Gasteiger partial charge in [-0.15, -0.1) is 0 Å². The van der Waals surface area contributed by atoms with Gasteiger partial charge in [0.25, 0.3) is 11.5 Å². The molecule has 1 amide bonds. The van der Waals surface area contributed by atoms with E-state index in [1.165, 1.54) is 18.2 Å². The summed E-state index contributed by atoms with van der Waals surface area (Å²) in [4.78, 5) is 37.5. The standard InChI is InChI=1S/C21H18FN3O4/c1-3-29-21(28)19-16(23-20(27)14-9-5-6-10-15(14)22)12-18(26)25(24-19)17-11-7-4-8-13(17)2/h4-12H,3H2,1-2H3,(H,23,27). The van der Waals surface area contributed by atoms with E-state index >= 15 is 0 Å². The van der Waals surface area contributed by atoms with E-state index in [4.69, 9.17) is 4.74 Å². The molecule has 0 saturated heterocycles. The van der Waals surface area contributed by atoms with E-state index in [2.05, 4.69) is 10.4 Å². The van der Waals surface area contributed by atoms with Gasteiger partial charge in [-0.3, -0.25) is 9.59 Å². The van der Waals surface area contributed by atoms with Crippen LogP contribution in [0, 0.1) is 12.7 Å². The van der Waals surface area contributed by atoms with Crippen molar-refractivity contribution >= 4 is 17.6 Å². The molecule has 0 aliphatic carbocycles.